The maximum atomic E-state index is 12.6. The number of esters is 1. The summed E-state index contributed by atoms with van der Waals surface area (Å²) in [6.07, 6.45) is 81.0. The highest BCUT2D eigenvalue weighted by molar-refractivity contribution is 5.76. The van der Waals surface area contributed by atoms with E-state index in [1.54, 1.807) is 0 Å². The summed E-state index contributed by atoms with van der Waals surface area (Å²) in [6, 6.07) is -0.544. The van der Waals surface area contributed by atoms with Crippen molar-refractivity contribution >= 4 is 11.9 Å². The summed E-state index contributed by atoms with van der Waals surface area (Å²) in [4.78, 5) is 24.6. The molecule has 0 heterocycles. The molecule has 0 spiro atoms. The number of hydrogen-bond donors (Lipinski definition) is 3. The van der Waals surface area contributed by atoms with Crippen LogP contribution in [0.1, 0.15) is 399 Å². The number of carbonyl (C=O) groups excluding carboxylic acids is 2. The van der Waals surface area contributed by atoms with Crippen LogP contribution in [-0.4, -0.2) is 47.4 Å². The van der Waals surface area contributed by atoms with E-state index in [2.05, 4.69) is 31.3 Å². The lowest BCUT2D eigenvalue weighted by molar-refractivity contribution is -0.143. The Bertz CT molecular complexity index is 1140. The average Bonchev–Trinajstić information content (AvgIpc) is 3.42. The Hall–Kier alpha value is -1.40. The largest absolute Gasteiger partial charge is 0.466 e. The molecular weight excluding hydrogens is 935 g/mol. The maximum Gasteiger partial charge on any atom is 0.305 e. The number of carbonyl (C=O) groups is 2. The van der Waals surface area contributed by atoms with Crippen LogP contribution in [0.25, 0.3) is 0 Å². The fraction of sp³-hybridized carbons (Fsp3) is 0.943. The minimum Gasteiger partial charge on any atom is -0.466 e. The molecule has 0 saturated heterocycles. The number of hydrogen-bond acceptors (Lipinski definition) is 5. The molecule has 0 radical (unpaired) electrons. The van der Waals surface area contributed by atoms with E-state index in [0.717, 1.165) is 44.9 Å². The van der Waals surface area contributed by atoms with Crippen molar-refractivity contribution in [2.45, 2.75) is 411 Å². The maximum absolute atomic E-state index is 12.6. The summed E-state index contributed by atoms with van der Waals surface area (Å²) in [5.41, 5.74) is 0. The molecule has 0 saturated carbocycles. The van der Waals surface area contributed by atoms with E-state index in [1.807, 2.05) is 0 Å². The third-order valence-electron chi connectivity index (χ3n) is 16.6. The zero-order valence-corrected chi connectivity index (χ0v) is 51.8. The van der Waals surface area contributed by atoms with E-state index in [0.29, 0.717) is 25.9 Å². The summed E-state index contributed by atoms with van der Waals surface area (Å²) >= 11 is 0. The van der Waals surface area contributed by atoms with Gasteiger partial charge >= 0.3 is 5.97 Å². The molecule has 0 rings (SSSR count). The van der Waals surface area contributed by atoms with E-state index >= 15 is 0 Å². The third kappa shape index (κ3) is 61.8. The summed E-state index contributed by atoms with van der Waals surface area (Å²) in [6.45, 7) is 4.98. The average molecular weight is 1070 g/mol. The van der Waals surface area contributed by atoms with Crippen molar-refractivity contribution in [2.24, 2.45) is 0 Å². The third-order valence-corrected chi connectivity index (χ3v) is 16.6. The zero-order valence-electron chi connectivity index (χ0n) is 51.8. The van der Waals surface area contributed by atoms with Crippen molar-refractivity contribution < 1.29 is 24.5 Å². The normalized spacial score (nSPS) is 12.5. The molecule has 0 bridgehead atoms. The van der Waals surface area contributed by atoms with Crippen molar-refractivity contribution in [3.63, 3.8) is 0 Å². The van der Waals surface area contributed by atoms with Crippen LogP contribution in [0, 0.1) is 0 Å². The predicted molar refractivity (Wildman–Crippen MR) is 333 cm³/mol. The van der Waals surface area contributed by atoms with Gasteiger partial charge in [-0.15, -0.1) is 0 Å². The highest BCUT2D eigenvalue weighted by Crippen LogP contribution is 2.19. The van der Waals surface area contributed by atoms with Gasteiger partial charge in [-0.05, 0) is 51.4 Å². The van der Waals surface area contributed by atoms with E-state index in [-0.39, 0.29) is 18.5 Å². The van der Waals surface area contributed by atoms with Crippen LogP contribution >= 0.6 is 0 Å². The van der Waals surface area contributed by atoms with Gasteiger partial charge in [0.15, 0.2) is 0 Å². The second kappa shape index (κ2) is 66.1. The van der Waals surface area contributed by atoms with Crippen LogP contribution in [0.4, 0.5) is 0 Å². The van der Waals surface area contributed by atoms with Gasteiger partial charge in [-0.3, -0.25) is 9.59 Å². The molecule has 6 nitrogen and oxygen atoms in total. The minimum atomic E-state index is -0.667. The smallest absolute Gasteiger partial charge is 0.305 e. The monoisotopic (exact) mass is 1070 g/mol. The Labute approximate surface area is 476 Å². The van der Waals surface area contributed by atoms with Crippen LogP contribution in [-0.2, 0) is 14.3 Å². The quantitative estimate of drug-likeness (QED) is 0.0320. The molecule has 0 aromatic heterocycles. The molecule has 3 N–H and O–H groups in total. The van der Waals surface area contributed by atoms with Gasteiger partial charge in [0.05, 0.1) is 25.4 Å². The van der Waals surface area contributed by atoms with E-state index in [9.17, 15) is 19.8 Å². The van der Waals surface area contributed by atoms with Gasteiger partial charge < -0.3 is 20.3 Å². The van der Waals surface area contributed by atoms with Crippen LogP contribution in [0.3, 0.4) is 0 Å². The van der Waals surface area contributed by atoms with Crippen molar-refractivity contribution in [1.29, 1.82) is 0 Å². The molecule has 0 aliphatic rings. The highest BCUT2D eigenvalue weighted by Gasteiger charge is 2.20. The number of aliphatic hydroxyl groups is 2. The van der Waals surface area contributed by atoms with Crippen molar-refractivity contribution in [2.75, 3.05) is 13.2 Å². The first-order valence-electron chi connectivity index (χ1n) is 34.9. The lowest BCUT2D eigenvalue weighted by Gasteiger charge is -2.22. The zero-order chi connectivity index (χ0) is 55.0. The fourth-order valence-electron chi connectivity index (χ4n) is 11.2. The standard InChI is InChI=1S/C70H137NO5/c1-3-5-7-9-11-13-15-17-19-20-21-22-23-24-25-28-31-35-38-42-46-50-54-58-62-68(73)67(66-72)71-69(74)63-59-55-51-47-43-39-36-32-29-26-27-30-33-37-41-45-49-53-57-61-65-76-70(75)64-60-56-52-48-44-40-34-18-16-14-12-10-8-6-4-2/h18,34,67-68,72-73H,3-17,19-33,35-66H2,1-2H3,(H,71,74)/b34-18-. The van der Waals surface area contributed by atoms with Gasteiger partial charge in [-0.25, -0.2) is 0 Å². The Morgan fingerprint density at radius 3 is 0.934 bits per heavy atom. The molecule has 0 aromatic carbocycles. The number of rotatable bonds is 66. The topological polar surface area (TPSA) is 95.9 Å². The Morgan fingerprint density at radius 2 is 0.618 bits per heavy atom. The summed E-state index contributed by atoms with van der Waals surface area (Å²) < 4.78 is 5.49. The predicted octanol–water partition coefficient (Wildman–Crippen LogP) is 22.4. The molecule has 2 unspecified atom stereocenters. The molecule has 2 atom stereocenters. The van der Waals surface area contributed by atoms with Gasteiger partial charge in [-0.2, -0.15) is 0 Å². The van der Waals surface area contributed by atoms with Crippen LogP contribution in [0.2, 0.25) is 0 Å². The molecular formula is C70H137NO5. The Kier molecular flexibility index (Phi) is 64.9. The van der Waals surface area contributed by atoms with E-state index < -0.39 is 12.1 Å². The molecule has 76 heavy (non-hydrogen) atoms. The number of aliphatic hydroxyl groups excluding tert-OH is 2. The molecule has 0 fully saturated rings. The number of amides is 1. The van der Waals surface area contributed by atoms with Crippen LogP contribution < -0.4 is 5.32 Å². The molecule has 6 heteroatoms. The second-order valence-corrected chi connectivity index (χ2v) is 24.2. The minimum absolute atomic E-state index is 0.00407. The van der Waals surface area contributed by atoms with E-state index in [1.165, 1.54) is 321 Å². The first-order chi connectivity index (χ1) is 37.5. The van der Waals surface area contributed by atoms with Crippen molar-refractivity contribution in [1.82, 2.24) is 5.32 Å². The Morgan fingerprint density at radius 1 is 0.355 bits per heavy atom. The van der Waals surface area contributed by atoms with E-state index in [4.69, 9.17) is 4.74 Å². The van der Waals surface area contributed by atoms with Crippen molar-refractivity contribution in [3.05, 3.63) is 12.2 Å². The van der Waals surface area contributed by atoms with Crippen molar-refractivity contribution in [3.8, 4) is 0 Å². The first-order valence-corrected chi connectivity index (χ1v) is 34.9. The second-order valence-electron chi connectivity index (χ2n) is 24.2. The number of nitrogens with one attached hydrogen (secondary N) is 1. The molecule has 0 aromatic rings. The van der Waals surface area contributed by atoms with Gasteiger partial charge in [0.1, 0.15) is 0 Å². The van der Waals surface area contributed by atoms with Gasteiger partial charge in [0, 0.05) is 12.8 Å². The number of unbranched alkanes of at least 4 members (excludes halogenated alkanes) is 53. The van der Waals surface area contributed by atoms with Crippen LogP contribution in [0.15, 0.2) is 12.2 Å². The first kappa shape index (κ1) is 74.6. The van der Waals surface area contributed by atoms with Gasteiger partial charge in [0.2, 0.25) is 5.91 Å². The summed E-state index contributed by atoms with van der Waals surface area (Å²) in [7, 11) is 0. The Balaban J connectivity index is 3.39. The fourth-order valence-corrected chi connectivity index (χ4v) is 11.2. The molecule has 0 aliphatic heterocycles. The molecule has 0 aliphatic carbocycles. The van der Waals surface area contributed by atoms with Gasteiger partial charge in [0.25, 0.3) is 0 Å². The summed E-state index contributed by atoms with van der Waals surface area (Å²) in [5, 5.41) is 23.4. The molecule has 1 amide bonds. The summed E-state index contributed by atoms with van der Waals surface area (Å²) in [5.74, 6) is -0.0277. The lowest BCUT2D eigenvalue weighted by atomic mass is 10.0. The van der Waals surface area contributed by atoms with Crippen LogP contribution in [0.5, 0.6) is 0 Å². The van der Waals surface area contributed by atoms with Gasteiger partial charge in [-0.1, -0.05) is 347 Å². The lowest BCUT2D eigenvalue weighted by Crippen LogP contribution is -2.45. The molecule has 452 valence electrons. The SMILES string of the molecule is CCCCCCCC/C=C\CCCCCCCC(=O)OCCCCCCCCCCCCCCCCCCCCCCC(=O)NC(CO)C(O)CCCCCCCCCCCCCCCCCCCCCCCCCC. The number of ether oxygens (including phenoxy) is 1. The number of allylic oxidation sites excluding steroid dienone is 2. The highest BCUT2D eigenvalue weighted by atomic mass is 16.5.